The quantitative estimate of drug-likeness (QED) is 0.0373. The van der Waals surface area contributed by atoms with E-state index in [1.54, 1.807) is 0 Å². The van der Waals surface area contributed by atoms with E-state index in [0.717, 1.165) is 112 Å². The normalized spacial score (nSPS) is 20.6. The van der Waals surface area contributed by atoms with Gasteiger partial charge < -0.3 is 51.5 Å². The van der Waals surface area contributed by atoms with Gasteiger partial charge in [-0.1, -0.05) is 199 Å². The third-order valence-electron chi connectivity index (χ3n) is 20.1. The van der Waals surface area contributed by atoms with Crippen molar-refractivity contribution in [2.45, 2.75) is 172 Å². The van der Waals surface area contributed by atoms with Gasteiger partial charge in [-0.05, 0) is 145 Å². The fraction of sp³-hybridized carbons (Fsp3) is 0.329. The summed E-state index contributed by atoms with van der Waals surface area (Å²) >= 11 is 18.2. The van der Waals surface area contributed by atoms with E-state index in [2.05, 4.69) is 108 Å². The molecule has 0 saturated heterocycles. The average molecular weight is 1540 g/mol. The number of nitrogens with two attached hydrogens (primary N) is 3. The van der Waals surface area contributed by atoms with Crippen molar-refractivity contribution in [2.75, 3.05) is 17.2 Å². The minimum atomic E-state index is -0.255. The lowest BCUT2D eigenvalue weighted by atomic mass is 9.84. The van der Waals surface area contributed by atoms with Crippen LogP contribution in [0.5, 0.6) is 0 Å². The van der Waals surface area contributed by atoms with Crippen LogP contribution in [-0.4, -0.2) is 118 Å². The minimum absolute atomic E-state index is 0.124. The first-order valence-corrected chi connectivity index (χ1v) is 38.5. The Morgan fingerprint density at radius 1 is 0.382 bits per heavy atom. The largest absolute Gasteiger partial charge is 0.393 e. The second kappa shape index (κ2) is 38.2. The number of aromatic nitrogens is 12. The van der Waals surface area contributed by atoms with Gasteiger partial charge in [0.1, 0.15) is 36.4 Å². The van der Waals surface area contributed by atoms with E-state index >= 15 is 0 Å². The smallest absolute Gasteiger partial charge is 0.186 e. The first-order chi connectivity index (χ1) is 53.6. The molecule has 110 heavy (non-hydrogen) atoms. The third kappa shape index (κ3) is 21.6. The maximum atomic E-state index is 9.57. The predicted molar refractivity (Wildman–Crippen MR) is 430 cm³/mol. The van der Waals surface area contributed by atoms with Gasteiger partial charge in [0.25, 0.3) is 0 Å². The van der Waals surface area contributed by atoms with Crippen LogP contribution in [0.15, 0.2) is 213 Å². The van der Waals surface area contributed by atoms with Crippen LogP contribution in [-0.2, 0) is 64.6 Å². The zero-order valence-corrected chi connectivity index (χ0v) is 63.5. The summed E-state index contributed by atoms with van der Waals surface area (Å²) in [5.74, 6) is 2.20. The number of nitrogens with one attached hydrogen (secondary N) is 1. The van der Waals surface area contributed by atoms with Crippen molar-refractivity contribution >= 4 is 85.4 Å². The summed E-state index contributed by atoms with van der Waals surface area (Å²) in [7, 11) is 0. The first-order valence-electron chi connectivity index (χ1n) is 37.3. The number of hydrogen-bond donors (Lipinski definition) is 7. The fourth-order valence-corrected chi connectivity index (χ4v) is 14.2. The zero-order valence-electron chi connectivity index (χ0n) is 61.3. The van der Waals surface area contributed by atoms with E-state index in [1.165, 1.54) is 54.1 Å². The highest BCUT2D eigenvalue weighted by Crippen LogP contribution is 2.40. The van der Waals surface area contributed by atoms with Crippen LogP contribution >= 0.6 is 34.8 Å². The number of rotatable bonds is 20. The number of fused-ring (bicyclic) bond motifs is 3. The van der Waals surface area contributed by atoms with Crippen molar-refractivity contribution in [1.82, 2.24) is 59.7 Å². The van der Waals surface area contributed by atoms with Crippen LogP contribution in [0.4, 0.5) is 17.5 Å². The van der Waals surface area contributed by atoms with Gasteiger partial charge in [-0.2, -0.15) is 15.3 Å². The van der Waals surface area contributed by atoms with E-state index in [9.17, 15) is 5.11 Å². The number of hydrogen-bond acceptors (Lipinski definition) is 19. The summed E-state index contributed by atoms with van der Waals surface area (Å²) in [5.41, 5.74) is 30.9. The van der Waals surface area contributed by atoms with E-state index < -0.39 is 0 Å². The van der Waals surface area contributed by atoms with Crippen molar-refractivity contribution in [3.63, 3.8) is 0 Å². The van der Waals surface area contributed by atoms with Gasteiger partial charge in [-0.15, -0.1) is 0 Å². The highest BCUT2D eigenvalue weighted by Gasteiger charge is 2.36. The van der Waals surface area contributed by atoms with Crippen LogP contribution < -0.4 is 17.2 Å². The predicted octanol–water partition coefficient (Wildman–Crippen LogP) is 15.6. The van der Waals surface area contributed by atoms with Gasteiger partial charge in [0.2, 0.25) is 0 Å². The van der Waals surface area contributed by atoms with E-state index in [1.807, 2.05) is 143 Å². The number of halogens is 3. The van der Waals surface area contributed by atoms with Crippen molar-refractivity contribution in [3.8, 4) is 0 Å². The Hall–Kier alpha value is -9.82. The minimum Gasteiger partial charge on any atom is -0.393 e. The van der Waals surface area contributed by atoms with Crippen LogP contribution in [0.25, 0.3) is 33.1 Å². The van der Waals surface area contributed by atoms with Crippen molar-refractivity contribution < 1.29 is 34.3 Å². The lowest BCUT2D eigenvalue weighted by Crippen LogP contribution is -2.35. The second-order valence-corrected chi connectivity index (χ2v) is 30.0. The number of anilines is 3. The van der Waals surface area contributed by atoms with Gasteiger partial charge in [0.05, 0.1) is 114 Å². The van der Waals surface area contributed by atoms with Crippen LogP contribution in [0.3, 0.4) is 0 Å². The second-order valence-electron chi connectivity index (χ2n) is 28.7. The Morgan fingerprint density at radius 2 is 0.709 bits per heavy atom. The number of benzene rings is 7. The summed E-state index contributed by atoms with van der Waals surface area (Å²) in [6.07, 6.45) is 15.9. The molecule has 0 atom stereocenters. The number of aliphatic hydroxyl groups is 3. The molecule has 0 aliphatic heterocycles. The summed E-state index contributed by atoms with van der Waals surface area (Å²) in [5, 5.41) is 48.8. The molecule has 570 valence electrons. The molecule has 10 N–H and O–H groups in total. The highest BCUT2D eigenvalue weighted by molar-refractivity contribution is 6.31. The molecule has 5 fully saturated rings. The van der Waals surface area contributed by atoms with Gasteiger partial charge in [0, 0.05) is 34.3 Å². The van der Waals surface area contributed by atoms with Crippen LogP contribution in [0.1, 0.15) is 139 Å². The molecule has 18 rings (SSSR count). The topological polar surface area (TPSA) is 317 Å². The van der Waals surface area contributed by atoms with Gasteiger partial charge >= 0.3 is 0 Å². The van der Waals surface area contributed by atoms with Crippen molar-refractivity contribution in [3.05, 3.63) is 284 Å². The summed E-state index contributed by atoms with van der Waals surface area (Å²) in [4.78, 5) is 25.2. The highest BCUT2D eigenvalue weighted by atomic mass is 35.5. The summed E-state index contributed by atoms with van der Waals surface area (Å²) in [6.45, 7) is 5.02. The van der Waals surface area contributed by atoms with Crippen LogP contribution in [0, 0.1) is 5.92 Å². The number of aromatic amines is 1. The molecule has 5 saturated carbocycles. The molecule has 0 bridgehead atoms. The first kappa shape index (κ1) is 78.3. The number of nitrogens with zero attached hydrogens (tertiary/aromatic N) is 11. The molecule has 6 aromatic heterocycles. The number of ether oxygens (including phenoxy) is 4. The third-order valence-corrected chi connectivity index (χ3v) is 20.8. The zero-order chi connectivity index (χ0) is 76.3. The summed E-state index contributed by atoms with van der Waals surface area (Å²) in [6, 6.07) is 64.4. The molecule has 22 nitrogen and oxygen atoms in total. The molecule has 6 heterocycles. The number of aliphatic hydroxyl groups excluding tert-OH is 3. The molecule has 0 amide bonds. The number of nitrogen functional groups attached to an aromatic ring is 3. The molecular formula is C85H92Cl3N15O7. The van der Waals surface area contributed by atoms with Crippen LogP contribution in [0.2, 0.25) is 15.1 Å². The standard InChI is InChI=1S/C23H22ClN5O.C16H16ClN5O.C12H10ClN5.C12H16O.2C11H14O2/c24-17-8-4-7-16(9-17)10-20-21-22(25)26-14-27-23(21)29(28-20)18-11-19(12-18)30-13-15-5-2-1-3-6-15;17-10-3-1-2-9(4-10)5-13-14-15(18)19-8-20-16(14)22(21-13)11-6-12(23)7-11;13-8-3-1-2-7(4-8)5-9-10-11(14)15-6-16-12(10)18-17-9;1-10-7-12(8-10)13-9-11-5-3-2-4-6-11;2*12-10-6-11(7-10)13-8-9-4-2-1-3-5-9/h1-9,14,18-19H,10-13H2,(H2,25,26,27);1-4,8,11-12,23H,5-7H2,(H2,18,19,20);1-4,6H,5H2,(H3,14,15,16,17,18);2-6,10,12H,7-9H2,1H3;2*1-5,10-12H,6-8H2. The molecule has 25 heteroatoms. The Balaban J connectivity index is 0.000000120. The molecule has 0 unspecified atom stereocenters. The molecular weight excluding hydrogens is 1450 g/mol. The summed E-state index contributed by atoms with van der Waals surface area (Å²) < 4.78 is 26.8. The molecule has 0 spiro atoms. The molecule has 5 aliphatic rings. The lowest BCUT2D eigenvalue weighted by molar-refractivity contribution is -0.0781. The van der Waals surface area contributed by atoms with Gasteiger partial charge in [-0.25, -0.2) is 39.3 Å². The SMILES string of the molecule is CC1CC(OCc2ccccc2)C1.Nc1ncnc2c1c(Cc1cccc(Cl)c1)nn2C1CC(O)C1.Nc1ncnc2c1c(Cc1cccc(Cl)c1)nn2C1CC(OCc2ccccc2)C1.Nc1ncnc2n[nH]c(Cc3cccc(Cl)c3)c12.OC1CC(OCc2ccccc2)C1.OC1CC(OCc2ccccc2)C1. The Labute approximate surface area is 654 Å². The van der Waals surface area contributed by atoms with Gasteiger partial charge in [0.15, 0.2) is 16.9 Å². The van der Waals surface area contributed by atoms with Crippen molar-refractivity contribution in [2.24, 2.45) is 5.92 Å². The maximum Gasteiger partial charge on any atom is 0.186 e. The fourth-order valence-electron chi connectivity index (χ4n) is 13.6. The lowest BCUT2D eigenvalue weighted by Gasteiger charge is -2.35. The molecule has 5 aliphatic carbocycles. The molecule has 0 radical (unpaired) electrons. The number of H-pyrrole nitrogens is 1. The Kier molecular flexibility index (Phi) is 27.2. The van der Waals surface area contributed by atoms with E-state index in [4.69, 9.17) is 91.4 Å². The average Bonchev–Trinajstić information content (AvgIpc) is 1.61. The molecule has 7 aromatic carbocycles. The maximum absolute atomic E-state index is 9.57. The molecule has 13 aromatic rings. The van der Waals surface area contributed by atoms with Gasteiger partial charge in [-0.3, -0.25) is 5.10 Å². The Morgan fingerprint density at radius 3 is 1.07 bits per heavy atom. The Bertz CT molecular complexity index is 4900. The van der Waals surface area contributed by atoms with Crippen molar-refractivity contribution in [1.29, 1.82) is 0 Å². The monoisotopic (exact) mass is 1540 g/mol. The van der Waals surface area contributed by atoms with E-state index in [-0.39, 0.29) is 48.7 Å². The van der Waals surface area contributed by atoms with E-state index in [0.29, 0.717) is 96.2 Å².